The summed E-state index contributed by atoms with van der Waals surface area (Å²) in [5, 5.41) is 0.782. The number of benzene rings is 1. The fraction of sp³-hybridized carbons (Fsp3) is 0.333. The molecule has 2 rings (SSSR count). The second-order valence-electron chi connectivity index (χ2n) is 5.84. The molecule has 106 valence electrons. The quantitative estimate of drug-likeness (QED) is 0.621. The molecule has 0 unspecified atom stereocenters. The second kappa shape index (κ2) is 6.00. The molecule has 0 aliphatic rings. The lowest BCUT2D eigenvalue weighted by atomic mass is 9.92. The molecule has 0 N–H and O–H groups in total. The molecule has 0 aliphatic carbocycles. The van der Waals surface area contributed by atoms with Crippen molar-refractivity contribution in [2.45, 2.75) is 27.2 Å². The monoisotopic (exact) mass is 372 g/mol. The van der Waals surface area contributed by atoms with Crippen LogP contribution in [0.15, 0.2) is 28.7 Å². The number of halogens is 3. The van der Waals surface area contributed by atoms with Gasteiger partial charge < -0.3 is 0 Å². The van der Waals surface area contributed by atoms with Crippen molar-refractivity contribution in [2.24, 2.45) is 5.41 Å². The van der Waals surface area contributed by atoms with Crippen molar-refractivity contribution < 1.29 is 0 Å². The Kier molecular flexibility index (Phi) is 4.73. The molecule has 1 heterocycles. The summed E-state index contributed by atoms with van der Waals surface area (Å²) >= 11 is 16.0. The number of nitrogens with zero attached hydrogens (tertiary/aromatic N) is 2. The number of aromatic nitrogens is 2. The summed E-state index contributed by atoms with van der Waals surface area (Å²) in [5.41, 5.74) is 1.66. The minimum absolute atomic E-state index is 0.0873. The highest BCUT2D eigenvalue weighted by molar-refractivity contribution is 9.10. The van der Waals surface area contributed by atoms with E-state index in [-0.39, 0.29) is 5.41 Å². The van der Waals surface area contributed by atoms with Gasteiger partial charge in [0.2, 0.25) is 0 Å². The molecule has 0 amide bonds. The van der Waals surface area contributed by atoms with Gasteiger partial charge in [0.25, 0.3) is 0 Å². The third-order valence-electron chi connectivity index (χ3n) is 2.67. The summed E-state index contributed by atoms with van der Waals surface area (Å²) in [5.74, 6) is 0.672. The van der Waals surface area contributed by atoms with Gasteiger partial charge in [0.1, 0.15) is 16.1 Å². The lowest BCUT2D eigenvalue weighted by Gasteiger charge is -2.17. The lowest BCUT2D eigenvalue weighted by molar-refractivity contribution is 0.400. The zero-order valence-electron chi connectivity index (χ0n) is 11.5. The minimum Gasteiger partial charge on any atom is -0.220 e. The van der Waals surface area contributed by atoms with Crippen LogP contribution in [0, 0.1) is 5.41 Å². The Morgan fingerprint density at radius 3 is 2.20 bits per heavy atom. The van der Waals surface area contributed by atoms with Gasteiger partial charge in [-0.05, 0) is 23.1 Å². The molecule has 0 radical (unpaired) electrons. The molecule has 0 bridgehead atoms. The van der Waals surface area contributed by atoms with Crippen LogP contribution in [-0.2, 0) is 6.42 Å². The van der Waals surface area contributed by atoms with Gasteiger partial charge in [0.15, 0.2) is 0 Å². The predicted molar refractivity (Wildman–Crippen MR) is 88.3 cm³/mol. The van der Waals surface area contributed by atoms with E-state index >= 15 is 0 Å². The Hall–Kier alpha value is -0.640. The number of hydrogen-bond donors (Lipinski definition) is 0. The van der Waals surface area contributed by atoms with E-state index in [1.54, 1.807) is 0 Å². The van der Waals surface area contributed by atoms with E-state index in [0.29, 0.717) is 21.7 Å². The van der Waals surface area contributed by atoms with Crippen LogP contribution in [0.5, 0.6) is 0 Å². The normalized spacial score (nSPS) is 11.7. The Morgan fingerprint density at radius 2 is 1.70 bits per heavy atom. The summed E-state index contributed by atoms with van der Waals surface area (Å²) in [6.07, 6.45) is 0.727. The van der Waals surface area contributed by atoms with Gasteiger partial charge >= 0.3 is 0 Å². The molecule has 0 fully saturated rings. The van der Waals surface area contributed by atoms with Crippen LogP contribution < -0.4 is 0 Å². The van der Waals surface area contributed by atoms with Gasteiger partial charge in [-0.2, -0.15) is 0 Å². The molecule has 0 spiro atoms. The van der Waals surface area contributed by atoms with Crippen LogP contribution in [0.1, 0.15) is 26.6 Å². The van der Waals surface area contributed by atoms with Crippen LogP contribution >= 0.6 is 39.1 Å². The van der Waals surface area contributed by atoms with Crippen molar-refractivity contribution in [1.82, 2.24) is 9.97 Å². The van der Waals surface area contributed by atoms with Gasteiger partial charge in [-0.3, -0.25) is 0 Å². The zero-order chi connectivity index (χ0) is 14.9. The maximum atomic E-state index is 6.30. The smallest absolute Gasteiger partial charge is 0.142 e. The SMILES string of the molecule is CC(C)(C)Cc1nc(Cl)c(-c2cccc(Br)c2)c(Cl)n1. The van der Waals surface area contributed by atoms with Crippen LogP contribution in [0.4, 0.5) is 0 Å². The summed E-state index contributed by atoms with van der Waals surface area (Å²) < 4.78 is 0.959. The predicted octanol–water partition coefficient (Wildman–Crippen LogP) is 5.80. The van der Waals surface area contributed by atoms with Crippen molar-refractivity contribution in [2.75, 3.05) is 0 Å². The third-order valence-corrected chi connectivity index (χ3v) is 3.71. The molecule has 0 aliphatic heterocycles. The van der Waals surface area contributed by atoms with E-state index in [4.69, 9.17) is 23.2 Å². The largest absolute Gasteiger partial charge is 0.220 e. The molecule has 0 saturated carbocycles. The first kappa shape index (κ1) is 15.7. The van der Waals surface area contributed by atoms with Crippen LogP contribution in [0.25, 0.3) is 11.1 Å². The van der Waals surface area contributed by atoms with Gasteiger partial charge in [-0.15, -0.1) is 0 Å². The highest BCUT2D eigenvalue weighted by atomic mass is 79.9. The molecular formula is C15H15BrCl2N2. The second-order valence-corrected chi connectivity index (χ2v) is 7.48. The Morgan fingerprint density at radius 1 is 1.10 bits per heavy atom. The van der Waals surface area contributed by atoms with E-state index in [2.05, 4.69) is 46.7 Å². The maximum Gasteiger partial charge on any atom is 0.142 e. The van der Waals surface area contributed by atoms with Crippen molar-refractivity contribution >= 4 is 39.1 Å². The molecule has 2 aromatic rings. The third kappa shape index (κ3) is 3.94. The minimum atomic E-state index is 0.0873. The number of hydrogen-bond acceptors (Lipinski definition) is 2. The Labute approximate surface area is 137 Å². The molecule has 1 aromatic carbocycles. The van der Waals surface area contributed by atoms with Crippen molar-refractivity contribution in [1.29, 1.82) is 0 Å². The highest BCUT2D eigenvalue weighted by Gasteiger charge is 2.18. The van der Waals surface area contributed by atoms with Crippen molar-refractivity contribution in [3.63, 3.8) is 0 Å². The first-order valence-corrected chi connectivity index (χ1v) is 7.79. The molecule has 2 nitrogen and oxygen atoms in total. The average Bonchev–Trinajstić information content (AvgIpc) is 2.25. The van der Waals surface area contributed by atoms with Gasteiger partial charge in [0, 0.05) is 10.9 Å². The van der Waals surface area contributed by atoms with E-state index in [0.717, 1.165) is 16.5 Å². The van der Waals surface area contributed by atoms with Gasteiger partial charge in [0.05, 0.1) is 5.56 Å². The van der Waals surface area contributed by atoms with Crippen LogP contribution in [0.3, 0.4) is 0 Å². The van der Waals surface area contributed by atoms with E-state index in [1.807, 2.05) is 24.3 Å². The Bertz CT molecular complexity index is 613. The summed E-state index contributed by atoms with van der Waals surface area (Å²) in [6.45, 7) is 6.38. The summed E-state index contributed by atoms with van der Waals surface area (Å²) in [6, 6.07) is 7.75. The van der Waals surface area contributed by atoms with Gasteiger partial charge in [-0.25, -0.2) is 9.97 Å². The number of rotatable bonds is 2. The fourth-order valence-electron chi connectivity index (χ4n) is 1.88. The molecule has 1 aromatic heterocycles. The molecule has 20 heavy (non-hydrogen) atoms. The molecule has 0 saturated heterocycles. The Balaban J connectivity index is 2.47. The summed E-state index contributed by atoms with van der Waals surface area (Å²) in [4.78, 5) is 8.76. The summed E-state index contributed by atoms with van der Waals surface area (Å²) in [7, 11) is 0. The van der Waals surface area contributed by atoms with Gasteiger partial charge in [-0.1, -0.05) is 72.0 Å². The lowest BCUT2D eigenvalue weighted by Crippen LogP contribution is -2.12. The maximum absolute atomic E-state index is 6.30. The standard InChI is InChI=1S/C15H15BrCl2N2/c1-15(2,3)8-11-19-13(17)12(14(18)20-11)9-5-4-6-10(16)7-9/h4-7H,8H2,1-3H3. The van der Waals surface area contributed by atoms with Crippen LogP contribution in [0.2, 0.25) is 10.3 Å². The average molecular weight is 374 g/mol. The fourth-order valence-corrected chi connectivity index (χ4v) is 2.92. The van der Waals surface area contributed by atoms with E-state index in [1.165, 1.54) is 0 Å². The molecule has 5 heteroatoms. The zero-order valence-corrected chi connectivity index (χ0v) is 14.6. The molecule has 0 atom stereocenters. The first-order chi connectivity index (χ1) is 9.26. The molecular weight excluding hydrogens is 359 g/mol. The van der Waals surface area contributed by atoms with E-state index in [9.17, 15) is 0 Å². The van der Waals surface area contributed by atoms with E-state index < -0.39 is 0 Å². The van der Waals surface area contributed by atoms with Crippen molar-refractivity contribution in [3.05, 3.63) is 44.9 Å². The highest BCUT2D eigenvalue weighted by Crippen LogP contribution is 2.34. The topological polar surface area (TPSA) is 25.8 Å². The van der Waals surface area contributed by atoms with Crippen LogP contribution in [-0.4, -0.2) is 9.97 Å². The van der Waals surface area contributed by atoms with Crippen molar-refractivity contribution in [3.8, 4) is 11.1 Å². The first-order valence-electron chi connectivity index (χ1n) is 6.24.